The van der Waals surface area contributed by atoms with Gasteiger partial charge < -0.3 is 10.2 Å². The number of hydrogen-bond donors (Lipinski definition) is 1. The maximum absolute atomic E-state index is 13.5. The average molecular weight is 406 g/mol. The molecule has 1 saturated heterocycles. The Balaban J connectivity index is 1.40. The molecule has 2 bridgehead atoms. The smallest absolute Gasteiger partial charge is 0.256 e. The van der Waals surface area contributed by atoms with E-state index < -0.39 is 0 Å². The number of amides is 1. The van der Waals surface area contributed by atoms with E-state index in [1.807, 2.05) is 48.5 Å². The largest absolute Gasteiger partial charge is 0.365 e. The molecule has 1 aliphatic carbocycles. The summed E-state index contributed by atoms with van der Waals surface area (Å²) in [5.41, 5.74) is 3.37. The first-order valence-electron chi connectivity index (χ1n) is 9.96. The summed E-state index contributed by atoms with van der Waals surface area (Å²) in [6, 6.07) is 8.29. The van der Waals surface area contributed by atoms with Crippen LogP contribution in [0, 0.1) is 19.8 Å². The number of anilines is 1. The van der Waals surface area contributed by atoms with Crippen LogP contribution in [0.1, 0.15) is 34.5 Å². The average Bonchev–Trinajstić information content (AvgIpc) is 3.46. The summed E-state index contributed by atoms with van der Waals surface area (Å²) in [7, 11) is 0. The summed E-state index contributed by atoms with van der Waals surface area (Å²) in [4.78, 5) is 29.1. The lowest BCUT2D eigenvalue weighted by molar-refractivity contribution is 0.0692. The molecule has 6 nitrogen and oxygen atoms in total. The third-order valence-corrected chi connectivity index (χ3v) is 6.67. The van der Waals surface area contributed by atoms with Gasteiger partial charge in [0.15, 0.2) is 0 Å². The number of nitrogens with one attached hydrogen (secondary N) is 1. The van der Waals surface area contributed by atoms with Gasteiger partial charge in [-0.1, -0.05) is 6.07 Å². The maximum atomic E-state index is 13.5. The number of carbonyl (C=O) groups is 1. The zero-order valence-corrected chi connectivity index (χ0v) is 17.3. The summed E-state index contributed by atoms with van der Waals surface area (Å²) < 4.78 is 0. The Hall–Kier alpha value is -2.80. The lowest BCUT2D eigenvalue weighted by Crippen LogP contribution is -2.47. The first-order chi connectivity index (χ1) is 14.1. The van der Waals surface area contributed by atoms with Gasteiger partial charge in [0.1, 0.15) is 16.5 Å². The summed E-state index contributed by atoms with van der Waals surface area (Å²) >= 11 is 1.51. The number of hydrogen-bond acceptors (Lipinski definition) is 6. The van der Waals surface area contributed by atoms with Crippen LogP contribution in [-0.2, 0) is 0 Å². The third kappa shape index (κ3) is 3.40. The molecule has 3 unspecified atom stereocenters. The van der Waals surface area contributed by atoms with Crippen LogP contribution in [0.25, 0.3) is 10.7 Å². The van der Waals surface area contributed by atoms with Crippen molar-refractivity contribution in [2.24, 2.45) is 5.92 Å². The molecule has 4 heterocycles. The van der Waals surface area contributed by atoms with Crippen LogP contribution < -0.4 is 5.32 Å². The highest BCUT2D eigenvalue weighted by Gasteiger charge is 2.47. The number of aryl methyl sites for hydroxylation is 2. The normalized spacial score (nSPS) is 22.8. The SMILES string of the molecule is Cc1ccc(NC2CC3CC2N(C(=O)c2ccc(C)nc2-c2nccs2)C3)nc1. The molecule has 1 aliphatic heterocycles. The Morgan fingerprint density at radius 3 is 2.79 bits per heavy atom. The van der Waals surface area contributed by atoms with Crippen molar-refractivity contribution in [1.82, 2.24) is 19.9 Å². The zero-order valence-electron chi connectivity index (χ0n) is 16.5. The Kier molecular flexibility index (Phi) is 4.54. The van der Waals surface area contributed by atoms with Gasteiger partial charge in [0.25, 0.3) is 5.91 Å². The van der Waals surface area contributed by atoms with Gasteiger partial charge in [0, 0.05) is 36.1 Å². The Bertz CT molecular complexity index is 1030. The number of thiazole rings is 1. The number of nitrogens with zero attached hydrogens (tertiary/aromatic N) is 4. The minimum atomic E-state index is 0.0542. The molecule has 148 valence electrons. The van der Waals surface area contributed by atoms with Crippen molar-refractivity contribution < 1.29 is 4.79 Å². The predicted molar refractivity (Wildman–Crippen MR) is 114 cm³/mol. The molecule has 1 amide bonds. The Morgan fingerprint density at radius 2 is 2.07 bits per heavy atom. The van der Waals surface area contributed by atoms with E-state index in [-0.39, 0.29) is 18.0 Å². The second-order valence-corrected chi connectivity index (χ2v) is 8.91. The van der Waals surface area contributed by atoms with Gasteiger partial charge in [-0.15, -0.1) is 11.3 Å². The van der Waals surface area contributed by atoms with Crippen LogP contribution in [0.2, 0.25) is 0 Å². The fourth-order valence-electron chi connectivity index (χ4n) is 4.54. The van der Waals surface area contributed by atoms with E-state index in [1.165, 1.54) is 11.3 Å². The zero-order chi connectivity index (χ0) is 20.0. The molecule has 3 aromatic rings. The van der Waals surface area contributed by atoms with Crippen LogP contribution >= 0.6 is 11.3 Å². The quantitative estimate of drug-likeness (QED) is 0.712. The number of fused-ring (bicyclic) bond motifs is 2. The van der Waals surface area contributed by atoms with Gasteiger partial charge >= 0.3 is 0 Å². The second-order valence-electron chi connectivity index (χ2n) is 8.02. The van der Waals surface area contributed by atoms with Gasteiger partial charge in [-0.3, -0.25) is 4.79 Å². The van der Waals surface area contributed by atoms with Gasteiger partial charge in [-0.25, -0.2) is 15.0 Å². The Morgan fingerprint density at radius 1 is 1.17 bits per heavy atom. The molecular weight excluding hydrogens is 382 g/mol. The Labute approximate surface area is 174 Å². The molecule has 3 aromatic heterocycles. The first-order valence-corrected chi connectivity index (χ1v) is 10.8. The van der Waals surface area contributed by atoms with Crippen molar-refractivity contribution in [3.8, 4) is 10.7 Å². The molecule has 2 fully saturated rings. The third-order valence-electron chi connectivity index (χ3n) is 5.89. The number of rotatable bonds is 4. The van der Waals surface area contributed by atoms with E-state index in [4.69, 9.17) is 0 Å². The van der Waals surface area contributed by atoms with Crippen molar-refractivity contribution >= 4 is 23.1 Å². The monoisotopic (exact) mass is 405 g/mol. The van der Waals surface area contributed by atoms with Crippen molar-refractivity contribution in [2.45, 2.75) is 38.8 Å². The van der Waals surface area contributed by atoms with E-state index in [1.54, 1.807) is 6.20 Å². The predicted octanol–water partition coefficient (Wildman–Crippen LogP) is 3.93. The lowest BCUT2D eigenvalue weighted by Gasteiger charge is -2.34. The number of likely N-dealkylation sites (tertiary alicyclic amines) is 1. The van der Waals surface area contributed by atoms with Gasteiger partial charge in [0.05, 0.1) is 11.6 Å². The summed E-state index contributed by atoms with van der Waals surface area (Å²) in [6.45, 7) is 4.79. The minimum Gasteiger partial charge on any atom is -0.365 e. The first kappa shape index (κ1) is 18.2. The van der Waals surface area contributed by atoms with Gasteiger partial charge in [-0.2, -0.15) is 0 Å². The maximum Gasteiger partial charge on any atom is 0.256 e. The number of aromatic nitrogens is 3. The van der Waals surface area contributed by atoms with Crippen molar-refractivity contribution in [2.75, 3.05) is 11.9 Å². The van der Waals surface area contributed by atoms with Crippen LogP contribution in [0.15, 0.2) is 42.0 Å². The van der Waals surface area contributed by atoms with E-state index in [9.17, 15) is 4.79 Å². The number of pyridine rings is 2. The van der Waals surface area contributed by atoms with Crippen LogP contribution in [-0.4, -0.2) is 44.4 Å². The molecule has 2 aliphatic rings. The summed E-state index contributed by atoms with van der Waals surface area (Å²) in [6.07, 6.45) is 5.75. The van der Waals surface area contributed by atoms with Crippen LogP contribution in [0.4, 0.5) is 5.82 Å². The molecule has 7 heteroatoms. The lowest BCUT2D eigenvalue weighted by atomic mass is 10.0. The fourth-order valence-corrected chi connectivity index (χ4v) is 5.18. The molecule has 5 rings (SSSR count). The molecule has 1 N–H and O–H groups in total. The minimum absolute atomic E-state index is 0.0542. The standard InChI is InChI=1S/C22H23N5OS/c1-13-3-6-19(24-11-13)26-17-9-15-10-18(17)27(12-15)22(28)16-5-4-14(2)25-20(16)21-23-7-8-29-21/h3-8,11,15,17-18H,9-10,12H2,1-2H3,(H,24,26). The highest BCUT2D eigenvalue weighted by Crippen LogP contribution is 2.40. The fraction of sp³-hybridized carbons (Fsp3) is 0.364. The van der Waals surface area contributed by atoms with Crippen LogP contribution in [0.3, 0.4) is 0 Å². The summed E-state index contributed by atoms with van der Waals surface area (Å²) in [5.74, 6) is 1.47. The highest BCUT2D eigenvalue weighted by atomic mass is 32.1. The van der Waals surface area contributed by atoms with Gasteiger partial charge in [0.2, 0.25) is 0 Å². The number of piperidine rings is 1. The van der Waals surface area contributed by atoms with E-state index in [0.717, 1.165) is 41.5 Å². The molecule has 3 atom stereocenters. The molecule has 1 saturated carbocycles. The van der Waals surface area contributed by atoms with E-state index in [0.29, 0.717) is 17.2 Å². The molecule has 0 radical (unpaired) electrons. The number of carbonyl (C=O) groups excluding carboxylic acids is 1. The van der Waals surface area contributed by atoms with Crippen LogP contribution in [0.5, 0.6) is 0 Å². The molecule has 29 heavy (non-hydrogen) atoms. The van der Waals surface area contributed by atoms with E-state index >= 15 is 0 Å². The van der Waals surface area contributed by atoms with Gasteiger partial charge in [-0.05, 0) is 56.4 Å². The molecule has 0 aromatic carbocycles. The highest BCUT2D eigenvalue weighted by molar-refractivity contribution is 7.13. The second kappa shape index (κ2) is 7.22. The van der Waals surface area contributed by atoms with Crippen molar-refractivity contribution in [3.05, 3.63) is 58.9 Å². The van der Waals surface area contributed by atoms with E-state index in [2.05, 4.69) is 26.3 Å². The van der Waals surface area contributed by atoms with Crippen molar-refractivity contribution in [1.29, 1.82) is 0 Å². The topological polar surface area (TPSA) is 71.0 Å². The molecular formula is C22H23N5OS. The summed E-state index contributed by atoms with van der Waals surface area (Å²) in [5, 5.41) is 6.26. The molecule has 0 spiro atoms. The van der Waals surface area contributed by atoms with Crippen molar-refractivity contribution in [3.63, 3.8) is 0 Å².